The molecule has 74 valence electrons. The van der Waals surface area contributed by atoms with Gasteiger partial charge in [-0.2, -0.15) is 0 Å². The van der Waals surface area contributed by atoms with Gasteiger partial charge in [0.25, 0.3) is 0 Å². The van der Waals surface area contributed by atoms with Crippen LogP contribution in [0, 0.1) is 11.8 Å². The Morgan fingerprint density at radius 2 is 1.85 bits per heavy atom. The third kappa shape index (κ3) is 3.69. The van der Waals surface area contributed by atoms with Gasteiger partial charge in [-0.1, -0.05) is 44.1 Å². The third-order valence-corrected chi connectivity index (χ3v) is 3.24. The zero-order valence-electron chi connectivity index (χ0n) is 8.45. The highest BCUT2D eigenvalue weighted by molar-refractivity contribution is 4.72. The van der Waals surface area contributed by atoms with Crippen LogP contribution in [0.4, 0.5) is 0 Å². The van der Waals surface area contributed by atoms with E-state index in [0.717, 1.165) is 18.3 Å². The van der Waals surface area contributed by atoms with E-state index < -0.39 is 0 Å². The highest BCUT2D eigenvalue weighted by Gasteiger charge is 2.18. The van der Waals surface area contributed by atoms with E-state index in [1.165, 1.54) is 32.1 Å². The zero-order chi connectivity index (χ0) is 9.52. The molecular weight excluding hydrogens is 162 g/mol. The first-order valence-corrected chi connectivity index (χ1v) is 5.37. The van der Waals surface area contributed by atoms with Crippen LogP contribution in [0.3, 0.4) is 0 Å². The van der Waals surface area contributed by atoms with Crippen LogP contribution in [0.1, 0.15) is 45.4 Å². The fourth-order valence-corrected chi connectivity index (χ4v) is 2.21. The standard InChI is InChI=1S/C10H19N3/c1-2-9-3-5-10(6-4-9)7-8-12-13-11/h9-10H,2-8H2,1H3. The van der Waals surface area contributed by atoms with Crippen LogP contribution in [0.5, 0.6) is 0 Å². The maximum Gasteiger partial charge on any atom is 0.0260 e. The fourth-order valence-electron chi connectivity index (χ4n) is 2.21. The monoisotopic (exact) mass is 181 g/mol. The van der Waals surface area contributed by atoms with Crippen LogP contribution in [-0.2, 0) is 0 Å². The molecule has 1 saturated carbocycles. The Labute approximate surface area is 80.2 Å². The van der Waals surface area contributed by atoms with Gasteiger partial charge < -0.3 is 0 Å². The van der Waals surface area contributed by atoms with Crippen molar-refractivity contribution in [2.75, 3.05) is 6.54 Å². The molecule has 3 nitrogen and oxygen atoms in total. The van der Waals surface area contributed by atoms with Gasteiger partial charge in [0.05, 0.1) is 0 Å². The van der Waals surface area contributed by atoms with Crippen LogP contribution < -0.4 is 0 Å². The van der Waals surface area contributed by atoms with Gasteiger partial charge in [-0.05, 0) is 23.8 Å². The van der Waals surface area contributed by atoms with Gasteiger partial charge in [-0.3, -0.25) is 0 Å². The molecule has 1 fully saturated rings. The predicted molar refractivity (Wildman–Crippen MR) is 54.4 cm³/mol. The zero-order valence-corrected chi connectivity index (χ0v) is 8.45. The van der Waals surface area contributed by atoms with Gasteiger partial charge in [0.2, 0.25) is 0 Å². The molecule has 0 bridgehead atoms. The maximum atomic E-state index is 8.13. The summed E-state index contributed by atoms with van der Waals surface area (Å²) >= 11 is 0. The molecule has 0 saturated heterocycles. The predicted octanol–water partition coefficient (Wildman–Crippen LogP) is 3.90. The summed E-state index contributed by atoms with van der Waals surface area (Å²) in [5, 5.41) is 3.59. The summed E-state index contributed by atoms with van der Waals surface area (Å²) in [4.78, 5) is 2.78. The summed E-state index contributed by atoms with van der Waals surface area (Å²) in [6, 6.07) is 0. The molecule has 1 aliphatic rings. The van der Waals surface area contributed by atoms with E-state index in [0.29, 0.717) is 6.54 Å². The minimum atomic E-state index is 0.692. The molecule has 0 radical (unpaired) electrons. The summed E-state index contributed by atoms with van der Waals surface area (Å²) in [6.07, 6.45) is 7.90. The quantitative estimate of drug-likeness (QED) is 0.359. The molecule has 0 aromatic carbocycles. The molecule has 13 heavy (non-hydrogen) atoms. The van der Waals surface area contributed by atoms with E-state index in [4.69, 9.17) is 5.53 Å². The number of hydrogen-bond acceptors (Lipinski definition) is 1. The SMILES string of the molecule is CCC1CCC(CCN=[N+]=[N-])CC1. The molecule has 0 heterocycles. The van der Waals surface area contributed by atoms with Gasteiger partial charge in [-0.15, -0.1) is 0 Å². The van der Waals surface area contributed by atoms with E-state index in [1.807, 2.05) is 0 Å². The van der Waals surface area contributed by atoms with Gasteiger partial charge in [0.1, 0.15) is 0 Å². The second kappa shape index (κ2) is 5.87. The summed E-state index contributed by atoms with van der Waals surface area (Å²) in [5.41, 5.74) is 8.13. The highest BCUT2D eigenvalue weighted by atomic mass is 15.1. The molecule has 0 amide bonds. The first-order chi connectivity index (χ1) is 6.36. The fraction of sp³-hybridized carbons (Fsp3) is 1.00. The molecular formula is C10H19N3. The Kier molecular flexibility index (Phi) is 4.69. The van der Waals surface area contributed by atoms with E-state index in [1.54, 1.807) is 0 Å². The summed E-state index contributed by atoms with van der Waals surface area (Å²) in [5.74, 6) is 1.80. The molecule has 0 aromatic heterocycles. The lowest BCUT2D eigenvalue weighted by atomic mass is 9.79. The highest BCUT2D eigenvalue weighted by Crippen LogP contribution is 2.32. The van der Waals surface area contributed by atoms with Crippen LogP contribution in [0.2, 0.25) is 0 Å². The van der Waals surface area contributed by atoms with Crippen molar-refractivity contribution in [1.29, 1.82) is 0 Å². The largest absolute Gasteiger partial charge is 0.0940 e. The smallest absolute Gasteiger partial charge is 0.0260 e. The first kappa shape index (κ1) is 10.4. The molecule has 0 atom stereocenters. The van der Waals surface area contributed by atoms with Gasteiger partial charge in [-0.25, -0.2) is 0 Å². The second-order valence-electron chi connectivity index (χ2n) is 4.04. The maximum absolute atomic E-state index is 8.13. The van der Waals surface area contributed by atoms with Crippen molar-refractivity contribution in [3.05, 3.63) is 10.4 Å². The Morgan fingerprint density at radius 3 is 2.38 bits per heavy atom. The second-order valence-corrected chi connectivity index (χ2v) is 4.04. The van der Waals surface area contributed by atoms with Crippen LogP contribution in [-0.4, -0.2) is 6.54 Å². The van der Waals surface area contributed by atoms with Crippen LogP contribution in [0.25, 0.3) is 10.4 Å². The average molecular weight is 181 g/mol. The molecule has 1 rings (SSSR count). The summed E-state index contributed by atoms with van der Waals surface area (Å²) < 4.78 is 0. The number of nitrogens with zero attached hydrogens (tertiary/aromatic N) is 3. The lowest BCUT2D eigenvalue weighted by molar-refractivity contribution is 0.261. The van der Waals surface area contributed by atoms with Crippen molar-refractivity contribution in [3.63, 3.8) is 0 Å². The number of azide groups is 1. The van der Waals surface area contributed by atoms with Crippen molar-refractivity contribution in [3.8, 4) is 0 Å². The summed E-state index contributed by atoms with van der Waals surface area (Å²) in [7, 11) is 0. The molecule has 1 aliphatic carbocycles. The lowest BCUT2D eigenvalue weighted by Crippen LogP contribution is -2.14. The number of hydrogen-bond donors (Lipinski definition) is 0. The molecule has 0 spiro atoms. The molecule has 0 unspecified atom stereocenters. The van der Waals surface area contributed by atoms with Crippen molar-refractivity contribution in [2.45, 2.75) is 45.4 Å². The topological polar surface area (TPSA) is 48.8 Å². The van der Waals surface area contributed by atoms with Gasteiger partial charge in [0.15, 0.2) is 0 Å². The number of rotatable bonds is 4. The molecule has 0 N–H and O–H groups in total. The van der Waals surface area contributed by atoms with Gasteiger partial charge in [0, 0.05) is 11.5 Å². The van der Waals surface area contributed by atoms with Crippen molar-refractivity contribution >= 4 is 0 Å². The Hall–Kier alpha value is -0.690. The Bertz CT molecular complexity index is 177. The molecule has 0 aromatic rings. The van der Waals surface area contributed by atoms with Crippen LogP contribution >= 0.6 is 0 Å². The Balaban J connectivity index is 2.13. The van der Waals surface area contributed by atoms with Crippen molar-refractivity contribution in [1.82, 2.24) is 0 Å². The normalized spacial score (nSPS) is 28.1. The van der Waals surface area contributed by atoms with Gasteiger partial charge >= 0.3 is 0 Å². The van der Waals surface area contributed by atoms with E-state index in [-0.39, 0.29) is 0 Å². The lowest BCUT2D eigenvalue weighted by Gasteiger charge is -2.27. The molecule has 0 aliphatic heterocycles. The van der Waals surface area contributed by atoms with Crippen molar-refractivity contribution in [2.24, 2.45) is 17.0 Å². The summed E-state index contributed by atoms with van der Waals surface area (Å²) in [6.45, 7) is 2.98. The molecule has 3 heteroatoms. The average Bonchev–Trinajstić information content (AvgIpc) is 2.19. The van der Waals surface area contributed by atoms with Crippen LogP contribution in [0.15, 0.2) is 5.11 Å². The third-order valence-electron chi connectivity index (χ3n) is 3.24. The van der Waals surface area contributed by atoms with E-state index in [2.05, 4.69) is 16.9 Å². The van der Waals surface area contributed by atoms with E-state index >= 15 is 0 Å². The van der Waals surface area contributed by atoms with Crippen molar-refractivity contribution < 1.29 is 0 Å². The minimum Gasteiger partial charge on any atom is -0.0940 e. The van der Waals surface area contributed by atoms with E-state index in [9.17, 15) is 0 Å². The Morgan fingerprint density at radius 1 is 1.23 bits per heavy atom. The minimum absolute atomic E-state index is 0.692. The first-order valence-electron chi connectivity index (χ1n) is 5.37.